The predicted octanol–water partition coefficient (Wildman–Crippen LogP) is 6.00. The molecule has 1 aliphatic heterocycles. The van der Waals surface area contributed by atoms with Crippen LogP contribution in [0.1, 0.15) is 41.0 Å². The van der Waals surface area contributed by atoms with E-state index in [0.717, 1.165) is 6.16 Å². The summed E-state index contributed by atoms with van der Waals surface area (Å²) in [6.45, 7) is 4.14. The van der Waals surface area contributed by atoms with Crippen molar-refractivity contribution < 1.29 is 9.59 Å². The number of hydrogen-bond acceptors (Lipinski definition) is 2. The molecule has 0 saturated heterocycles. The highest BCUT2D eigenvalue weighted by Crippen LogP contribution is 2.56. The third-order valence-electron chi connectivity index (χ3n) is 7.15. The summed E-state index contributed by atoms with van der Waals surface area (Å²) in [6, 6.07) is 39.3. The van der Waals surface area contributed by atoms with E-state index >= 15 is 0 Å². The van der Waals surface area contributed by atoms with Crippen molar-refractivity contribution in [3.05, 3.63) is 138 Å². The highest BCUT2D eigenvalue weighted by molar-refractivity contribution is 7.95. The zero-order valence-electron chi connectivity index (χ0n) is 21.2. The van der Waals surface area contributed by atoms with Crippen molar-refractivity contribution >= 4 is 35.0 Å². The lowest BCUT2D eigenvalue weighted by molar-refractivity contribution is 0.0598. The monoisotopic (exact) mass is 504 g/mol. The molecule has 2 amide bonds. The lowest BCUT2D eigenvalue weighted by Gasteiger charge is -2.28. The van der Waals surface area contributed by atoms with Crippen LogP contribution < -0.4 is 15.9 Å². The molecule has 4 heteroatoms. The third-order valence-corrected chi connectivity index (χ3v) is 11.7. The molecule has 4 aromatic rings. The Kier molecular flexibility index (Phi) is 7.17. The zero-order chi connectivity index (χ0) is 25.8. The van der Waals surface area contributed by atoms with Gasteiger partial charge < -0.3 is 0 Å². The van der Waals surface area contributed by atoms with Crippen LogP contribution in [0.3, 0.4) is 0 Å². The van der Waals surface area contributed by atoms with Crippen LogP contribution in [0.15, 0.2) is 127 Å². The molecule has 1 heterocycles. The molecule has 0 saturated carbocycles. The van der Waals surface area contributed by atoms with Gasteiger partial charge >= 0.3 is 0 Å². The van der Waals surface area contributed by atoms with E-state index < -0.39 is 7.26 Å². The van der Waals surface area contributed by atoms with Gasteiger partial charge in [-0.3, -0.25) is 14.5 Å². The van der Waals surface area contributed by atoms with Crippen LogP contribution in [0.2, 0.25) is 0 Å². The van der Waals surface area contributed by atoms with E-state index in [1.807, 2.05) is 19.1 Å². The molecule has 0 bridgehead atoms. The highest BCUT2D eigenvalue weighted by atomic mass is 31.2. The first-order chi connectivity index (χ1) is 18.0. The van der Waals surface area contributed by atoms with E-state index in [2.05, 4.69) is 104 Å². The number of amides is 2. The van der Waals surface area contributed by atoms with Gasteiger partial charge in [0.15, 0.2) is 0 Å². The summed E-state index contributed by atoms with van der Waals surface area (Å²) in [5.74, 6) is -0.391. The quantitative estimate of drug-likeness (QED) is 0.168. The molecule has 0 spiro atoms. The van der Waals surface area contributed by atoms with Crippen LogP contribution >= 0.6 is 7.26 Å². The van der Waals surface area contributed by atoms with Crippen LogP contribution in [0.25, 0.3) is 0 Å². The lowest BCUT2D eigenvalue weighted by Crippen LogP contribution is -2.37. The van der Waals surface area contributed by atoms with Gasteiger partial charge in [-0.1, -0.05) is 72.8 Å². The molecule has 5 rings (SSSR count). The maximum absolute atomic E-state index is 13.0. The second-order valence-electron chi connectivity index (χ2n) is 9.64. The van der Waals surface area contributed by atoms with E-state index in [1.165, 1.54) is 26.4 Å². The first-order valence-corrected chi connectivity index (χ1v) is 14.7. The van der Waals surface area contributed by atoms with E-state index in [4.69, 9.17) is 0 Å². The van der Waals surface area contributed by atoms with Crippen LogP contribution in [0.4, 0.5) is 0 Å². The first kappa shape index (κ1) is 24.9. The molecule has 0 aliphatic carbocycles. The van der Waals surface area contributed by atoms with E-state index in [1.54, 1.807) is 12.1 Å². The molecule has 3 nitrogen and oxygen atoms in total. The topological polar surface area (TPSA) is 37.4 Å². The highest BCUT2D eigenvalue weighted by Gasteiger charge is 2.45. The summed E-state index contributed by atoms with van der Waals surface area (Å²) in [5.41, 5.74) is 2.26. The molecule has 0 radical (unpaired) electrons. The normalized spacial score (nSPS) is 14.5. The van der Waals surface area contributed by atoms with Gasteiger partial charge in [0, 0.05) is 6.04 Å². The minimum absolute atomic E-state index is 0.196. The Morgan fingerprint density at radius 1 is 0.676 bits per heavy atom. The zero-order valence-corrected chi connectivity index (χ0v) is 22.1. The number of fused-ring (bicyclic) bond motifs is 1. The Hall–Kier alpha value is -3.81. The van der Waals surface area contributed by atoms with Gasteiger partial charge in [-0.25, -0.2) is 0 Å². The molecule has 0 N–H and O–H groups in total. The minimum atomic E-state index is -1.98. The summed E-state index contributed by atoms with van der Waals surface area (Å²) in [7, 11) is -1.98. The number of hydrogen-bond donors (Lipinski definition) is 0. The second kappa shape index (κ2) is 10.7. The van der Waals surface area contributed by atoms with E-state index in [9.17, 15) is 9.59 Å². The number of nitrogens with zero attached hydrogens (tertiary/aromatic N) is 1. The van der Waals surface area contributed by atoms with Gasteiger partial charge in [0.25, 0.3) is 11.8 Å². The summed E-state index contributed by atoms with van der Waals surface area (Å²) >= 11 is 0. The van der Waals surface area contributed by atoms with Crippen molar-refractivity contribution in [3.8, 4) is 0 Å². The molecule has 37 heavy (non-hydrogen) atoms. The number of rotatable bonds is 8. The summed E-state index contributed by atoms with van der Waals surface area (Å²) in [4.78, 5) is 27.4. The summed E-state index contributed by atoms with van der Waals surface area (Å²) in [6.07, 6.45) is 3.73. The fourth-order valence-corrected chi connectivity index (χ4v) is 9.66. The predicted molar refractivity (Wildman–Crippen MR) is 155 cm³/mol. The number of allylic oxidation sites excluding steroid dienone is 1. The van der Waals surface area contributed by atoms with Gasteiger partial charge in [-0.2, -0.15) is 0 Å². The Labute approximate surface area is 219 Å². The van der Waals surface area contributed by atoms with Crippen molar-refractivity contribution in [2.24, 2.45) is 0 Å². The van der Waals surface area contributed by atoms with Crippen molar-refractivity contribution in [3.63, 3.8) is 0 Å². The Morgan fingerprint density at radius 2 is 1.05 bits per heavy atom. The third kappa shape index (κ3) is 4.68. The van der Waals surface area contributed by atoms with Crippen molar-refractivity contribution in [1.29, 1.82) is 0 Å². The smallest absolute Gasteiger partial charge is 0.261 e. The number of benzene rings is 4. The van der Waals surface area contributed by atoms with Crippen molar-refractivity contribution in [2.45, 2.75) is 26.3 Å². The van der Waals surface area contributed by atoms with Crippen LogP contribution in [0.5, 0.6) is 0 Å². The number of carbonyl (C=O) groups is 2. The maximum Gasteiger partial charge on any atom is 0.261 e. The van der Waals surface area contributed by atoms with E-state index in [0.29, 0.717) is 17.5 Å². The second-order valence-corrected chi connectivity index (χ2v) is 13.1. The van der Waals surface area contributed by atoms with Gasteiger partial charge in [-0.05, 0) is 74.4 Å². The largest absolute Gasteiger partial charge is 0.271 e. The summed E-state index contributed by atoms with van der Waals surface area (Å²) < 4.78 is 0. The lowest BCUT2D eigenvalue weighted by atomic mass is 10.1. The molecular formula is C33H31NO2P+. The van der Waals surface area contributed by atoms with Gasteiger partial charge in [-0.15, -0.1) is 0 Å². The molecule has 184 valence electrons. The first-order valence-electron chi connectivity index (χ1n) is 12.7. The SMILES string of the molecule is C/C(=C\C[C@H](C)N1C(=O)c2ccccc2C1=O)C[P+](c1ccccc1)(c1ccccc1)c1ccccc1. The molecule has 4 aromatic carbocycles. The Morgan fingerprint density at radius 3 is 1.46 bits per heavy atom. The Balaban J connectivity index is 1.48. The molecule has 0 unspecified atom stereocenters. The van der Waals surface area contributed by atoms with Crippen molar-refractivity contribution in [2.75, 3.05) is 6.16 Å². The average molecular weight is 505 g/mol. The average Bonchev–Trinajstić information content (AvgIpc) is 3.21. The van der Waals surface area contributed by atoms with Crippen LogP contribution in [-0.4, -0.2) is 28.9 Å². The fourth-order valence-electron chi connectivity index (χ4n) is 5.29. The fraction of sp³-hybridized carbons (Fsp3) is 0.152. The Bertz CT molecular complexity index is 1300. The van der Waals surface area contributed by atoms with Gasteiger partial charge in [0.05, 0.1) is 17.3 Å². The minimum Gasteiger partial charge on any atom is -0.271 e. The van der Waals surface area contributed by atoms with E-state index in [-0.39, 0.29) is 17.9 Å². The maximum atomic E-state index is 13.0. The van der Waals surface area contributed by atoms with Crippen LogP contribution in [-0.2, 0) is 0 Å². The van der Waals surface area contributed by atoms with Gasteiger partial charge in [0.1, 0.15) is 23.2 Å². The van der Waals surface area contributed by atoms with Gasteiger partial charge in [0.2, 0.25) is 0 Å². The molecule has 0 aromatic heterocycles. The standard InChI is InChI=1S/C33H31NO2P/c1-25(22-23-26(2)34-32(35)30-20-12-13-21-31(30)33(34)36)24-37(27-14-6-3-7-15-27,28-16-8-4-9-17-28)29-18-10-5-11-19-29/h3-22,26H,23-24H2,1-2H3/q+1/b25-22+/t26-/m0/s1. The van der Waals surface area contributed by atoms with Crippen molar-refractivity contribution in [1.82, 2.24) is 4.90 Å². The molecular weight excluding hydrogens is 473 g/mol. The molecule has 1 atom stereocenters. The summed E-state index contributed by atoms with van der Waals surface area (Å²) in [5, 5.41) is 4.02. The van der Waals surface area contributed by atoms with Crippen LogP contribution in [0, 0.1) is 0 Å². The molecule has 1 aliphatic rings. The molecule has 0 fully saturated rings. The number of carbonyl (C=O) groups excluding carboxylic acids is 2. The number of imide groups is 1.